The second-order valence-corrected chi connectivity index (χ2v) is 7.94. The maximum absolute atomic E-state index is 13.4. The summed E-state index contributed by atoms with van der Waals surface area (Å²) in [6.07, 6.45) is 1.76. The minimum Gasteiger partial charge on any atom is -0.486 e. The monoisotopic (exact) mass is 372 g/mol. The van der Waals surface area contributed by atoms with E-state index in [1.54, 1.807) is 11.3 Å². The minimum atomic E-state index is 0.0550. The lowest BCUT2D eigenvalue weighted by Gasteiger charge is -2.32. The molecule has 0 bridgehead atoms. The first-order valence-corrected chi connectivity index (χ1v) is 10.1. The number of anilines is 1. The van der Waals surface area contributed by atoms with Gasteiger partial charge in [-0.15, -0.1) is 11.3 Å². The Morgan fingerprint density at radius 2 is 2.12 bits per heavy atom. The van der Waals surface area contributed by atoms with Crippen molar-refractivity contribution >= 4 is 22.9 Å². The number of benzene rings is 1. The van der Waals surface area contributed by atoms with Crippen molar-refractivity contribution in [2.24, 2.45) is 5.92 Å². The third kappa shape index (κ3) is 3.71. The summed E-state index contributed by atoms with van der Waals surface area (Å²) in [4.78, 5) is 16.5. The lowest BCUT2D eigenvalue weighted by Crippen LogP contribution is -2.44. The van der Waals surface area contributed by atoms with E-state index in [-0.39, 0.29) is 11.8 Å². The van der Waals surface area contributed by atoms with E-state index in [4.69, 9.17) is 9.47 Å². The van der Waals surface area contributed by atoms with Crippen molar-refractivity contribution in [3.05, 3.63) is 40.6 Å². The van der Waals surface area contributed by atoms with E-state index >= 15 is 0 Å². The highest BCUT2D eigenvalue weighted by Crippen LogP contribution is 2.35. The second kappa shape index (κ2) is 7.68. The van der Waals surface area contributed by atoms with Crippen LogP contribution in [0.4, 0.5) is 5.69 Å². The van der Waals surface area contributed by atoms with Gasteiger partial charge >= 0.3 is 0 Å². The molecule has 1 aromatic carbocycles. The summed E-state index contributed by atoms with van der Waals surface area (Å²) in [5.41, 5.74) is 0.874. The van der Waals surface area contributed by atoms with Gasteiger partial charge in [0.25, 0.3) is 0 Å². The van der Waals surface area contributed by atoms with Crippen LogP contribution in [0.3, 0.4) is 0 Å². The molecule has 1 N–H and O–H groups in total. The first-order chi connectivity index (χ1) is 12.7. The average molecular weight is 372 g/mol. The summed E-state index contributed by atoms with van der Waals surface area (Å²) in [5, 5.41) is 5.48. The van der Waals surface area contributed by atoms with Gasteiger partial charge in [0.05, 0.1) is 6.54 Å². The van der Waals surface area contributed by atoms with Crippen molar-refractivity contribution in [3.63, 3.8) is 0 Å². The lowest BCUT2D eigenvalue weighted by molar-refractivity contribution is -0.123. The summed E-state index contributed by atoms with van der Waals surface area (Å²) in [6.45, 7) is 4.74. The molecule has 0 saturated carbocycles. The SMILES string of the molecule is C[C@H]1C[C@@H](C(=O)N(Cc2cccs2)c2ccc3c(c2)OCCO3)CCN1. The summed E-state index contributed by atoms with van der Waals surface area (Å²) in [7, 11) is 0. The fourth-order valence-corrected chi connectivity index (χ4v) is 4.32. The molecule has 2 aromatic rings. The van der Waals surface area contributed by atoms with Gasteiger partial charge in [-0.25, -0.2) is 0 Å². The molecule has 3 heterocycles. The number of fused-ring (bicyclic) bond motifs is 1. The molecule has 2 aliphatic heterocycles. The number of thiophene rings is 1. The zero-order valence-electron chi connectivity index (χ0n) is 14.9. The number of nitrogens with one attached hydrogen (secondary N) is 1. The van der Waals surface area contributed by atoms with Gasteiger partial charge in [0.1, 0.15) is 13.2 Å². The average Bonchev–Trinajstić information content (AvgIpc) is 3.18. The number of piperidine rings is 1. The fraction of sp³-hybridized carbons (Fsp3) is 0.450. The van der Waals surface area contributed by atoms with E-state index in [9.17, 15) is 4.79 Å². The van der Waals surface area contributed by atoms with E-state index in [0.717, 1.165) is 36.6 Å². The number of nitrogens with zero attached hydrogens (tertiary/aromatic N) is 1. The van der Waals surface area contributed by atoms with Gasteiger partial charge in [-0.2, -0.15) is 0 Å². The van der Waals surface area contributed by atoms with E-state index in [0.29, 0.717) is 25.8 Å². The van der Waals surface area contributed by atoms with Crippen molar-refractivity contribution in [2.45, 2.75) is 32.4 Å². The van der Waals surface area contributed by atoms with Crippen LogP contribution in [0.1, 0.15) is 24.6 Å². The molecule has 1 amide bonds. The Hall–Kier alpha value is -2.05. The molecule has 26 heavy (non-hydrogen) atoms. The van der Waals surface area contributed by atoms with Crippen molar-refractivity contribution in [2.75, 3.05) is 24.7 Å². The van der Waals surface area contributed by atoms with E-state index in [2.05, 4.69) is 23.7 Å². The molecule has 138 valence electrons. The van der Waals surface area contributed by atoms with Crippen molar-refractivity contribution < 1.29 is 14.3 Å². The molecule has 4 rings (SSSR count). The van der Waals surface area contributed by atoms with Crippen LogP contribution in [0.15, 0.2) is 35.7 Å². The van der Waals surface area contributed by atoms with Crippen molar-refractivity contribution in [1.82, 2.24) is 5.32 Å². The first kappa shape index (κ1) is 17.4. The van der Waals surface area contributed by atoms with Crippen LogP contribution in [-0.2, 0) is 11.3 Å². The van der Waals surface area contributed by atoms with E-state index < -0.39 is 0 Å². The standard InChI is InChI=1S/C20H24N2O3S/c1-14-11-15(6-7-21-14)20(23)22(13-17-3-2-10-26-17)16-4-5-18-19(12-16)25-9-8-24-18/h2-5,10,12,14-15,21H,6-9,11,13H2,1H3/t14-,15-/m0/s1. The molecule has 2 aliphatic rings. The fourth-order valence-electron chi connectivity index (χ4n) is 3.63. The second-order valence-electron chi connectivity index (χ2n) is 6.91. The van der Waals surface area contributed by atoms with Gasteiger partial charge < -0.3 is 19.7 Å². The number of ether oxygens (including phenoxy) is 2. The van der Waals surface area contributed by atoms with Gasteiger partial charge in [0.15, 0.2) is 11.5 Å². The molecule has 0 unspecified atom stereocenters. The number of hydrogen-bond donors (Lipinski definition) is 1. The quantitative estimate of drug-likeness (QED) is 0.893. The summed E-state index contributed by atoms with van der Waals surface area (Å²) >= 11 is 1.68. The molecular formula is C20H24N2O3S. The Kier molecular flexibility index (Phi) is 5.13. The predicted molar refractivity (Wildman–Crippen MR) is 103 cm³/mol. The zero-order chi connectivity index (χ0) is 17.9. The number of hydrogen-bond acceptors (Lipinski definition) is 5. The predicted octanol–water partition coefficient (Wildman–Crippen LogP) is 3.44. The molecule has 0 spiro atoms. The van der Waals surface area contributed by atoms with Gasteiger partial charge in [0, 0.05) is 28.6 Å². The Balaban J connectivity index is 1.63. The Morgan fingerprint density at radius 1 is 1.27 bits per heavy atom. The Labute approximate surface area is 157 Å². The number of carbonyl (C=O) groups is 1. The number of carbonyl (C=O) groups excluding carboxylic acids is 1. The minimum absolute atomic E-state index is 0.0550. The first-order valence-electron chi connectivity index (χ1n) is 9.17. The summed E-state index contributed by atoms with van der Waals surface area (Å²) in [6, 6.07) is 10.3. The number of rotatable bonds is 4. The van der Waals surface area contributed by atoms with Crippen LogP contribution < -0.4 is 19.7 Å². The van der Waals surface area contributed by atoms with Gasteiger partial charge in [-0.3, -0.25) is 4.79 Å². The maximum atomic E-state index is 13.4. The Bertz CT molecular complexity index is 762. The third-order valence-corrected chi connectivity index (χ3v) is 5.83. The number of amides is 1. The summed E-state index contributed by atoms with van der Waals surface area (Å²) in [5.74, 6) is 1.72. The van der Waals surface area contributed by atoms with Crippen LogP contribution in [0.2, 0.25) is 0 Å². The van der Waals surface area contributed by atoms with Crippen molar-refractivity contribution in [3.8, 4) is 11.5 Å². The molecule has 0 aliphatic carbocycles. The third-order valence-electron chi connectivity index (χ3n) is 4.97. The smallest absolute Gasteiger partial charge is 0.230 e. The van der Waals surface area contributed by atoms with Gasteiger partial charge in [-0.05, 0) is 49.9 Å². The highest BCUT2D eigenvalue weighted by atomic mass is 32.1. The van der Waals surface area contributed by atoms with Crippen molar-refractivity contribution in [1.29, 1.82) is 0 Å². The van der Waals surface area contributed by atoms with Gasteiger partial charge in [-0.1, -0.05) is 6.07 Å². The molecule has 0 radical (unpaired) electrons. The van der Waals surface area contributed by atoms with Crippen LogP contribution in [0.25, 0.3) is 0 Å². The van der Waals surface area contributed by atoms with Crippen LogP contribution in [0, 0.1) is 5.92 Å². The van der Waals surface area contributed by atoms with E-state index in [1.165, 1.54) is 4.88 Å². The van der Waals surface area contributed by atoms with E-state index in [1.807, 2.05) is 29.2 Å². The molecule has 1 fully saturated rings. The highest BCUT2D eigenvalue weighted by molar-refractivity contribution is 7.09. The molecule has 6 heteroatoms. The molecule has 1 saturated heterocycles. The normalized spacial score (nSPS) is 22.0. The highest BCUT2D eigenvalue weighted by Gasteiger charge is 2.30. The zero-order valence-corrected chi connectivity index (χ0v) is 15.8. The van der Waals surface area contributed by atoms with Crippen LogP contribution in [0.5, 0.6) is 11.5 Å². The molecule has 1 aromatic heterocycles. The largest absolute Gasteiger partial charge is 0.486 e. The van der Waals surface area contributed by atoms with Crippen LogP contribution >= 0.6 is 11.3 Å². The van der Waals surface area contributed by atoms with Crippen LogP contribution in [-0.4, -0.2) is 31.7 Å². The topological polar surface area (TPSA) is 50.8 Å². The summed E-state index contributed by atoms with van der Waals surface area (Å²) < 4.78 is 11.3. The van der Waals surface area contributed by atoms with Gasteiger partial charge in [0.2, 0.25) is 5.91 Å². The molecule has 5 nitrogen and oxygen atoms in total. The molecule has 2 atom stereocenters. The lowest BCUT2D eigenvalue weighted by atomic mass is 9.91. The maximum Gasteiger partial charge on any atom is 0.230 e. The Morgan fingerprint density at radius 3 is 2.88 bits per heavy atom. The molecular weight excluding hydrogens is 348 g/mol.